The fraction of sp³-hybridized carbons (Fsp3) is 0.615. The molecule has 1 fully saturated rings. The summed E-state index contributed by atoms with van der Waals surface area (Å²) >= 11 is 7.06. The first-order valence-electron chi connectivity index (χ1n) is 6.39. The molecule has 1 unspecified atom stereocenters. The van der Waals surface area contributed by atoms with Gasteiger partial charge in [-0.3, -0.25) is 0 Å². The highest BCUT2D eigenvalue weighted by molar-refractivity contribution is 9.11. The van der Waals surface area contributed by atoms with Crippen LogP contribution in [0.25, 0.3) is 0 Å². The molecule has 0 saturated carbocycles. The topological polar surface area (TPSA) is 28.2 Å². The van der Waals surface area contributed by atoms with Crippen LogP contribution >= 0.6 is 31.9 Å². The maximum Gasteiger partial charge on any atom is 0.143 e. The van der Waals surface area contributed by atoms with Crippen molar-refractivity contribution in [1.82, 2.24) is 10.3 Å². The van der Waals surface area contributed by atoms with Crippen LogP contribution in [0.1, 0.15) is 26.7 Å². The highest BCUT2D eigenvalue weighted by Crippen LogP contribution is 2.31. The summed E-state index contributed by atoms with van der Waals surface area (Å²) in [6, 6.07) is 3.15. The molecule has 2 heterocycles. The van der Waals surface area contributed by atoms with E-state index >= 15 is 0 Å². The molecule has 2 rings (SSSR count). The Balaban J connectivity index is 2.10. The summed E-state index contributed by atoms with van der Waals surface area (Å²) in [6.07, 6.45) is 4.35. The number of rotatable bonds is 4. The maximum absolute atomic E-state index is 4.54. The summed E-state index contributed by atoms with van der Waals surface area (Å²) in [6.45, 7) is 6.50. The molecule has 1 atom stereocenters. The van der Waals surface area contributed by atoms with Crippen molar-refractivity contribution >= 4 is 37.7 Å². The van der Waals surface area contributed by atoms with Crippen LogP contribution in [-0.4, -0.2) is 30.2 Å². The second-order valence-corrected chi connectivity index (χ2v) is 6.78. The van der Waals surface area contributed by atoms with Crippen molar-refractivity contribution in [3.8, 4) is 0 Å². The summed E-state index contributed by atoms with van der Waals surface area (Å²) in [7, 11) is 0. The van der Waals surface area contributed by atoms with E-state index in [0.717, 1.165) is 27.9 Å². The van der Waals surface area contributed by atoms with Gasteiger partial charge in [-0.25, -0.2) is 4.98 Å². The van der Waals surface area contributed by atoms with Gasteiger partial charge >= 0.3 is 0 Å². The smallest absolute Gasteiger partial charge is 0.143 e. The third-order valence-corrected chi connectivity index (χ3v) is 4.22. The third kappa shape index (κ3) is 3.45. The number of hydrogen-bond donors (Lipinski definition) is 1. The van der Waals surface area contributed by atoms with Gasteiger partial charge in [-0.1, -0.05) is 13.8 Å². The van der Waals surface area contributed by atoms with Crippen LogP contribution in [0.3, 0.4) is 0 Å². The molecular formula is C13H19Br2N3. The van der Waals surface area contributed by atoms with E-state index in [1.807, 2.05) is 6.20 Å². The zero-order valence-corrected chi connectivity index (χ0v) is 14.0. The van der Waals surface area contributed by atoms with Gasteiger partial charge in [-0.05, 0) is 50.8 Å². The summed E-state index contributed by atoms with van der Waals surface area (Å²) in [5, 5.41) is 3.52. The van der Waals surface area contributed by atoms with E-state index in [0.29, 0.717) is 12.1 Å². The Morgan fingerprint density at radius 1 is 1.50 bits per heavy atom. The highest BCUT2D eigenvalue weighted by Gasteiger charge is 2.26. The number of aromatic nitrogens is 1. The minimum Gasteiger partial charge on any atom is -0.351 e. The molecule has 1 aromatic rings. The molecule has 0 radical (unpaired) electrons. The first kappa shape index (κ1) is 14.3. The lowest BCUT2D eigenvalue weighted by molar-refractivity contribution is 0.522. The first-order chi connectivity index (χ1) is 8.58. The lowest BCUT2D eigenvalue weighted by Gasteiger charge is -2.27. The number of nitrogens with one attached hydrogen (secondary N) is 1. The van der Waals surface area contributed by atoms with Crippen LogP contribution in [0.15, 0.2) is 21.2 Å². The molecule has 0 spiro atoms. The van der Waals surface area contributed by atoms with Gasteiger partial charge in [-0.15, -0.1) is 0 Å². The largest absolute Gasteiger partial charge is 0.351 e. The van der Waals surface area contributed by atoms with Crippen molar-refractivity contribution < 1.29 is 0 Å². The minimum absolute atomic E-state index is 0.536. The highest BCUT2D eigenvalue weighted by atomic mass is 79.9. The Labute approximate surface area is 126 Å². The van der Waals surface area contributed by atoms with Crippen LogP contribution in [0.4, 0.5) is 5.82 Å². The SMILES string of the molecule is CC(C)NCC1CCCN1c1ncc(Br)cc1Br. The van der Waals surface area contributed by atoms with Crippen molar-refractivity contribution in [2.75, 3.05) is 18.0 Å². The predicted octanol–water partition coefficient (Wildman–Crippen LogP) is 3.57. The van der Waals surface area contributed by atoms with Gasteiger partial charge in [0.2, 0.25) is 0 Å². The molecule has 0 aliphatic carbocycles. The normalized spacial score (nSPS) is 19.8. The van der Waals surface area contributed by atoms with Crippen LogP contribution in [0, 0.1) is 0 Å². The van der Waals surface area contributed by atoms with E-state index in [2.05, 4.69) is 67.0 Å². The average Bonchev–Trinajstić information content (AvgIpc) is 2.74. The number of pyridine rings is 1. The molecule has 100 valence electrons. The van der Waals surface area contributed by atoms with Crippen LogP contribution < -0.4 is 10.2 Å². The monoisotopic (exact) mass is 375 g/mol. The molecule has 18 heavy (non-hydrogen) atoms. The van der Waals surface area contributed by atoms with E-state index in [1.54, 1.807) is 0 Å². The first-order valence-corrected chi connectivity index (χ1v) is 7.97. The fourth-order valence-electron chi connectivity index (χ4n) is 2.32. The maximum atomic E-state index is 4.54. The number of anilines is 1. The fourth-order valence-corrected chi connectivity index (χ4v) is 3.53. The Kier molecular flexibility index (Phi) is 5.04. The van der Waals surface area contributed by atoms with Crippen LogP contribution in [-0.2, 0) is 0 Å². The Morgan fingerprint density at radius 3 is 2.94 bits per heavy atom. The second-order valence-electron chi connectivity index (χ2n) is 5.01. The Morgan fingerprint density at radius 2 is 2.28 bits per heavy atom. The van der Waals surface area contributed by atoms with Crippen LogP contribution in [0.5, 0.6) is 0 Å². The van der Waals surface area contributed by atoms with Crippen molar-refractivity contribution in [2.24, 2.45) is 0 Å². The average molecular weight is 377 g/mol. The summed E-state index contributed by atoms with van der Waals surface area (Å²) < 4.78 is 2.07. The van der Waals surface area contributed by atoms with Gasteiger partial charge in [0, 0.05) is 35.8 Å². The van der Waals surface area contributed by atoms with E-state index in [4.69, 9.17) is 0 Å². The number of hydrogen-bond acceptors (Lipinski definition) is 3. The standard InChI is InChI=1S/C13H19Br2N3/c1-9(2)16-8-11-4-3-5-18(11)13-12(15)6-10(14)7-17-13/h6-7,9,11,16H,3-5,8H2,1-2H3. The third-order valence-electron chi connectivity index (χ3n) is 3.20. The Hall–Kier alpha value is -0.130. The molecule has 3 nitrogen and oxygen atoms in total. The van der Waals surface area contributed by atoms with E-state index in [1.165, 1.54) is 12.8 Å². The molecule has 0 bridgehead atoms. The quantitative estimate of drug-likeness (QED) is 0.870. The van der Waals surface area contributed by atoms with Crippen molar-refractivity contribution in [3.05, 3.63) is 21.2 Å². The molecule has 1 aliphatic rings. The van der Waals surface area contributed by atoms with Crippen molar-refractivity contribution in [1.29, 1.82) is 0 Å². The molecule has 5 heteroatoms. The summed E-state index contributed by atoms with van der Waals surface area (Å²) in [4.78, 5) is 6.95. The van der Waals surface area contributed by atoms with Gasteiger partial charge < -0.3 is 10.2 Å². The van der Waals surface area contributed by atoms with Gasteiger partial charge in [0.15, 0.2) is 0 Å². The summed E-state index contributed by atoms with van der Waals surface area (Å²) in [5.41, 5.74) is 0. The van der Waals surface area contributed by atoms with Crippen LogP contribution in [0.2, 0.25) is 0 Å². The van der Waals surface area contributed by atoms with Gasteiger partial charge in [0.25, 0.3) is 0 Å². The van der Waals surface area contributed by atoms with Gasteiger partial charge in [-0.2, -0.15) is 0 Å². The van der Waals surface area contributed by atoms with E-state index in [9.17, 15) is 0 Å². The molecule has 1 saturated heterocycles. The van der Waals surface area contributed by atoms with Crippen molar-refractivity contribution in [2.45, 2.75) is 38.8 Å². The molecule has 1 N–H and O–H groups in total. The summed E-state index contributed by atoms with van der Waals surface area (Å²) in [5.74, 6) is 1.06. The molecule has 1 aromatic heterocycles. The second kappa shape index (κ2) is 6.35. The van der Waals surface area contributed by atoms with Gasteiger partial charge in [0.05, 0.1) is 4.47 Å². The number of halogens is 2. The molecule has 0 amide bonds. The lowest BCUT2D eigenvalue weighted by Crippen LogP contribution is -2.40. The van der Waals surface area contributed by atoms with Crippen molar-refractivity contribution in [3.63, 3.8) is 0 Å². The van der Waals surface area contributed by atoms with E-state index < -0.39 is 0 Å². The predicted molar refractivity (Wildman–Crippen MR) is 83.1 cm³/mol. The Bertz CT molecular complexity index is 409. The molecule has 1 aliphatic heterocycles. The zero-order valence-electron chi connectivity index (χ0n) is 10.8. The minimum atomic E-state index is 0.536. The number of nitrogens with zero attached hydrogens (tertiary/aromatic N) is 2. The lowest BCUT2D eigenvalue weighted by atomic mass is 10.2. The zero-order chi connectivity index (χ0) is 13.1. The van der Waals surface area contributed by atoms with E-state index in [-0.39, 0.29) is 0 Å². The molecule has 0 aromatic carbocycles. The van der Waals surface area contributed by atoms with Gasteiger partial charge in [0.1, 0.15) is 5.82 Å². The molecular weight excluding hydrogens is 358 g/mol.